The molecule has 1 N–H and O–H groups in total. The number of nitrogens with one attached hydrogen (secondary N) is 1. The van der Waals surface area contributed by atoms with E-state index in [1.807, 2.05) is 19.9 Å². The first-order valence-electron chi connectivity index (χ1n) is 11.4. The molecule has 1 saturated carbocycles. The van der Waals surface area contributed by atoms with Crippen molar-refractivity contribution in [1.82, 2.24) is 25.0 Å². The number of halogens is 2. The lowest BCUT2D eigenvalue weighted by atomic mass is 9.92. The van der Waals surface area contributed by atoms with Gasteiger partial charge in [0.15, 0.2) is 0 Å². The number of nitrogens with zero attached hydrogens (tertiary/aromatic N) is 6. The van der Waals surface area contributed by atoms with Crippen molar-refractivity contribution in [2.24, 2.45) is 11.8 Å². The minimum Gasteiger partial charge on any atom is -0.480 e. The van der Waals surface area contributed by atoms with Gasteiger partial charge < -0.3 is 19.7 Å². The van der Waals surface area contributed by atoms with Crippen LogP contribution < -0.4 is 19.7 Å². The molecule has 0 amide bonds. The Balaban J connectivity index is 1.32. The summed E-state index contributed by atoms with van der Waals surface area (Å²) in [5.41, 5.74) is 1.02. The van der Waals surface area contributed by atoms with E-state index < -0.39 is 5.82 Å². The molecular formula is C23H27ClFN7O2. The van der Waals surface area contributed by atoms with Gasteiger partial charge in [-0.2, -0.15) is 10.1 Å². The fourth-order valence-corrected chi connectivity index (χ4v) is 5.11. The Labute approximate surface area is 202 Å². The normalized spacial score (nSPS) is 21.7. The van der Waals surface area contributed by atoms with E-state index in [4.69, 9.17) is 21.1 Å². The van der Waals surface area contributed by atoms with E-state index in [9.17, 15) is 4.39 Å². The number of hydrogen-bond acceptors (Lipinski definition) is 8. The average Bonchev–Trinajstić information content (AvgIpc) is 3.29. The number of rotatable bonds is 7. The van der Waals surface area contributed by atoms with Crippen LogP contribution in [0.1, 0.15) is 32.7 Å². The molecule has 1 aromatic carbocycles. The highest BCUT2D eigenvalue weighted by Crippen LogP contribution is 2.40. The lowest BCUT2D eigenvalue weighted by Gasteiger charge is -2.39. The maximum Gasteiger partial charge on any atom is 0.322 e. The SMILES string of the molecule is COc1cc(N2C[C@H]3CC[C@H](C2)C3Nc2nc(Oc3cc(F)cc(Cl)c3)n(C(C)C)n2)cnn1. The Kier molecular flexibility index (Phi) is 6.16. The summed E-state index contributed by atoms with van der Waals surface area (Å²) in [4.78, 5) is 6.93. The van der Waals surface area contributed by atoms with Crippen LogP contribution in [0.4, 0.5) is 16.0 Å². The van der Waals surface area contributed by atoms with Gasteiger partial charge in [0.25, 0.3) is 0 Å². The van der Waals surface area contributed by atoms with E-state index in [0.717, 1.165) is 31.6 Å². The molecule has 0 radical (unpaired) electrons. The molecule has 0 unspecified atom stereocenters. The van der Waals surface area contributed by atoms with Crippen LogP contribution in [0, 0.1) is 17.7 Å². The number of piperidine rings is 1. The summed E-state index contributed by atoms with van der Waals surface area (Å²) in [6.45, 7) is 5.78. The molecule has 1 aliphatic heterocycles. The molecule has 1 saturated heterocycles. The molecule has 3 heterocycles. The second-order valence-corrected chi connectivity index (χ2v) is 9.53. The van der Waals surface area contributed by atoms with E-state index in [2.05, 4.69) is 30.5 Å². The summed E-state index contributed by atoms with van der Waals surface area (Å²) in [7, 11) is 1.60. The van der Waals surface area contributed by atoms with E-state index in [0.29, 0.717) is 29.7 Å². The minimum absolute atomic E-state index is 0.00909. The maximum absolute atomic E-state index is 13.8. The smallest absolute Gasteiger partial charge is 0.322 e. The van der Waals surface area contributed by atoms with Crippen LogP contribution in [0.15, 0.2) is 30.5 Å². The fraction of sp³-hybridized carbons (Fsp3) is 0.478. The first-order chi connectivity index (χ1) is 16.4. The Morgan fingerprint density at radius 2 is 1.91 bits per heavy atom. The van der Waals surface area contributed by atoms with Crippen molar-refractivity contribution in [2.75, 3.05) is 30.4 Å². The number of hydrogen-bond donors (Lipinski definition) is 1. The summed E-state index contributed by atoms with van der Waals surface area (Å²) in [6, 6.07) is 6.54. The summed E-state index contributed by atoms with van der Waals surface area (Å²) >= 11 is 5.97. The Hall–Kier alpha value is -3.14. The summed E-state index contributed by atoms with van der Waals surface area (Å²) in [5, 5.41) is 16.5. The molecule has 34 heavy (non-hydrogen) atoms. The van der Waals surface area contributed by atoms with E-state index >= 15 is 0 Å². The molecule has 2 aromatic heterocycles. The Bertz CT molecular complexity index is 1140. The van der Waals surface area contributed by atoms with Crippen molar-refractivity contribution in [3.8, 4) is 17.6 Å². The maximum atomic E-state index is 13.8. The highest BCUT2D eigenvalue weighted by molar-refractivity contribution is 6.30. The van der Waals surface area contributed by atoms with Gasteiger partial charge in [-0.25, -0.2) is 9.07 Å². The van der Waals surface area contributed by atoms with Crippen molar-refractivity contribution < 1.29 is 13.9 Å². The highest BCUT2D eigenvalue weighted by atomic mass is 35.5. The van der Waals surface area contributed by atoms with Crippen molar-refractivity contribution in [1.29, 1.82) is 0 Å². The van der Waals surface area contributed by atoms with E-state index in [-0.39, 0.29) is 22.9 Å². The topological polar surface area (TPSA) is 90.2 Å². The Morgan fingerprint density at radius 3 is 2.59 bits per heavy atom. The van der Waals surface area contributed by atoms with Crippen LogP contribution in [-0.2, 0) is 0 Å². The minimum atomic E-state index is -0.471. The first kappa shape index (κ1) is 22.6. The quantitative estimate of drug-likeness (QED) is 0.518. The van der Waals surface area contributed by atoms with Crippen molar-refractivity contribution in [3.05, 3.63) is 41.3 Å². The van der Waals surface area contributed by atoms with Crippen molar-refractivity contribution >= 4 is 23.2 Å². The second kappa shape index (κ2) is 9.25. The van der Waals surface area contributed by atoms with Gasteiger partial charge in [-0.3, -0.25) is 0 Å². The zero-order valence-corrected chi connectivity index (χ0v) is 20.0. The average molecular weight is 488 g/mol. The third-order valence-corrected chi connectivity index (χ3v) is 6.67. The van der Waals surface area contributed by atoms with Crippen LogP contribution in [0.3, 0.4) is 0 Å². The summed E-state index contributed by atoms with van der Waals surface area (Å²) < 4.78 is 26.5. The lowest BCUT2D eigenvalue weighted by molar-refractivity contribution is 0.371. The largest absolute Gasteiger partial charge is 0.480 e. The van der Waals surface area contributed by atoms with Gasteiger partial charge in [0, 0.05) is 36.3 Å². The van der Waals surface area contributed by atoms with Gasteiger partial charge in [0.2, 0.25) is 11.8 Å². The third kappa shape index (κ3) is 4.59. The standard InChI is InChI=1S/C23H27ClFN7O2/c1-13(2)32-23(34-19-7-16(24)6-17(25)8-19)28-22(30-32)27-21-14-4-5-15(21)12-31(11-14)18-9-20(33-3)29-26-10-18/h6-10,13-15,21H,4-5,11-12H2,1-3H3,(H,27,30)/t14-,15-/m1/s1. The predicted octanol–water partition coefficient (Wildman–Crippen LogP) is 4.57. The van der Waals surface area contributed by atoms with E-state index in [1.165, 1.54) is 12.1 Å². The first-order valence-corrected chi connectivity index (χ1v) is 11.8. The number of fused-ring (bicyclic) bond motifs is 2. The third-order valence-electron chi connectivity index (χ3n) is 6.46. The zero-order chi connectivity index (χ0) is 23.8. The van der Waals surface area contributed by atoms with Gasteiger partial charge in [0.05, 0.1) is 25.0 Å². The van der Waals surface area contributed by atoms with Crippen LogP contribution in [0.5, 0.6) is 17.6 Å². The zero-order valence-electron chi connectivity index (χ0n) is 19.3. The van der Waals surface area contributed by atoms with Gasteiger partial charge in [-0.15, -0.1) is 10.2 Å². The number of aromatic nitrogens is 5. The summed E-state index contributed by atoms with van der Waals surface area (Å²) in [6.07, 6.45) is 4.04. The summed E-state index contributed by atoms with van der Waals surface area (Å²) in [5.74, 6) is 1.71. The number of methoxy groups -OCH3 is 1. The van der Waals surface area contributed by atoms with Crippen LogP contribution in [-0.4, -0.2) is 51.2 Å². The van der Waals surface area contributed by atoms with Gasteiger partial charge in [-0.1, -0.05) is 11.6 Å². The molecule has 180 valence electrons. The number of ether oxygens (including phenoxy) is 2. The van der Waals surface area contributed by atoms with Gasteiger partial charge >= 0.3 is 6.01 Å². The number of benzene rings is 1. The lowest BCUT2D eigenvalue weighted by Crippen LogP contribution is -2.48. The Morgan fingerprint density at radius 1 is 1.15 bits per heavy atom. The van der Waals surface area contributed by atoms with Crippen LogP contribution in [0.25, 0.3) is 0 Å². The van der Waals surface area contributed by atoms with Crippen molar-refractivity contribution in [3.63, 3.8) is 0 Å². The van der Waals surface area contributed by atoms with Crippen LogP contribution >= 0.6 is 11.6 Å². The highest BCUT2D eigenvalue weighted by Gasteiger charge is 2.43. The molecule has 11 heteroatoms. The molecule has 2 bridgehead atoms. The van der Waals surface area contributed by atoms with Gasteiger partial charge in [0.1, 0.15) is 11.6 Å². The molecule has 2 aliphatic rings. The molecule has 5 rings (SSSR count). The van der Waals surface area contributed by atoms with Crippen LogP contribution in [0.2, 0.25) is 5.02 Å². The number of anilines is 2. The fourth-order valence-electron chi connectivity index (χ4n) is 4.90. The monoisotopic (exact) mass is 487 g/mol. The predicted molar refractivity (Wildman–Crippen MR) is 126 cm³/mol. The molecular weight excluding hydrogens is 461 g/mol. The van der Waals surface area contributed by atoms with Gasteiger partial charge in [-0.05, 0) is 50.7 Å². The molecule has 3 aromatic rings. The molecule has 2 atom stereocenters. The molecule has 0 spiro atoms. The van der Waals surface area contributed by atoms with Crippen molar-refractivity contribution in [2.45, 2.75) is 38.8 Å². The molecule has 1 aliphatic carbocycles. The molecule has 2 fully saturated rings. The van der Waals surface area contributed by atoms with E-state index in [1.54, 1.807) is 24.1 Å². The second-order valence-electron chi connectivity index (χ2n) is 9.09. The molecule has 9 nitrogen and oxygen atoms in total.